The SMILES string of the molecule is CNC1=C2NCN(c3oc4c(c3O)O[PH](O)(O)O/C=C3/OC(n5cnc6c(=O)[nH]c(N)nc65)=C(O[PH](O)(O)OC4)[C@@H]3O)C2NCN1. The summed E-state index contributed by atoms with van der Waals surface area (Å²) < 4.78 is 33.3. The number of aliphatic hydroxyl groups is 1. The number of fused-ring (bicyclic) bond motifs is 5. The van der Waals surface area contributed by atoms with Gasteiger partial charge in [0, 0.05) is 0 Å². The molecule has 0 aliphatic carbocycles. The topological polar surface area (TPSA) is 322 Å². The zero-order chi connectivity index (χ0) is 32.5. The number of furan rings is 1. The molecule has 7 heterocycles. The number of aliphatic hydroxyl groups excluding tert-OH is 1. The molecule has 46 heavy (non-hydrogen) atoms. The number of aromatic amines is 1. The molecule has 3 aromatic rings. The van der Waals surface area contributed by atoms with Gasteiger partial charge >= 0.3 is 256 Å². The predicted molar refractivity (Wildman–Crippen MR) is 156 cm³/mol. The Morgan fingerprint density at radius 1 is 1.17 bits per heavy atom. The Labute approximate surface area is 256 Å². The Kier molecular flexibility index (Phi) is 7.04. The van der Waals surface area contributed by atoms with E-state index in [1.54, 1.807) is 11.9 Å². The summed E-state index contributed by atoms with van der Waals surface area (Å²) in [4.78, 5) is 67.0. The van der Waals surface area contributed by atoms with Crippen LogP contribution < -0.4 is 42.0 Å². The number of nitrogen functional groups attached to an aromatic ring is 1. The van der Waals surface area contributed by atoms with Crippen molar-refractivity contribution in [2.24, 2.45) is 0 Å². The normalized spacial score (nSPS) is 26.2. The van der Waals surface area contributed by atoms with Crippen molar-refractivity contribution in [1.29, 1.82) is 0 Å². The van der Waals surface area contributed by atoms with Crippen LogP contribution in [0.4, 0.5) is 11.8 Å². The van der Waals surface area contributed by atoms with Gasteiger partial charge in [0.05, 0.1) is 0 Å². The Balaban J connectivity index is 1.27. The van der Waals surface area contributed by atoms with Gasteiger partial charge < -0.3 is 0 Å². The monoisotopic (exact) mass is 690 g/mol. The van der Waals surface area contributed by atoms with E-state index in [1.165, 1.54) is 0 Å². The summed E-state index contributed by atoms with van der Waals surface area (Å²) in [5.41, 5.74) is 5.27. The van der Waals surface area contributed by atoms with Crippen molar-refractivity contribution in [3.63, 3.8) is 0 Å². The van der Waals surface area contributed by atoms with Crippen molar-refractivity contribution in [2.75, 3.05) is 31.0 Å². The Bertz CT molecular complexity index is 1880. The third kappa shape index (κ3) is 5.05. The molecule has 0 saturated carbocycles. The predicted octanol–water partition coefficient (Wildman–Crippen LogP) is -2.98. The Morgan fingerprint density at radius 3 is 2.76 bits per heavy atom. The zero-order valence-corrected chi connectivity index (χ0v) is 25.3. The van der Waals surface area contributed by atoms with Crippen LogP contribution in [-0.4, -0.2) is 82.0 Å². The number of imidazole rings is 1. The molecule has 2 atom stereocenters. The molecular weight excluding hydrogens is 662 g/mol. The maximum atomic E-state index is 12.3. The van der Waals surface area contributed by atoms with Crippen LogP contribution in [0.15, 0.2) is 44.8 Å². The summed E-state index contributed by atoms with van der Waals surface area (Å²) in [5, 5.41) is 34.5. The molecule has 4 aliphatic rings. The van der Waals surface area contributed by atoms with Gasteiger partial charge in [0.25, 0.3) is 0 Å². The van der Waals surface area contributed by atoms with Crippen molar-refractivity contribution >= 4 is 45.2 Å². The molecule has 13 N–H and O–H groups in total. The van der Waals surface area contributed by atoms with E-state index < -0.39 is 75.4 Å². The van der Waals surface area contributed by atoms with E-state index in [-0.39, 0.29) is 29.7 Å². The molecule has 1 unspecified atom stereocenters. The Morgan fingerprint density at radius 2 is 1.98 bits per heavy atom. The number of nitrogens with one attached hydrogen (secondary N) is 5. The van der Waals surface area contributed by atoms with Gasteiger partial charge in [0.2, 0.25) is 0 Å². The molecule has 4 aliphatic heterocycles. The number of aromatic nitrogens is 4. The third-order valence-electron chi connectivity index (χ3n) is 7.04. The van der Waals surface area contributed by atoms with Crippen molar-refractivity contribution < 1.29 is 57.0 Å². The fourth-order valence-electron chi connectivity index (χ4n) is 5.05. The summed E-state index contributed by atoms with van der Waals surface area (Å²) in [6.45, 7) is -0.400. The van der Waals surface area contributed by atoms with Crippen LogP contribution in [0.1, 0.15) is 5.76 Å². The van der Waals surface area contributed by atoms with Crippen molar-refractivity contribution in [2.45, 2.75) is 18.9 Å². The first kappa shape index (κ1) is 30.1. The van der Waals surface area contributed by atoms with Gasteiger partial charge in [0.1, 0.15) is 0 Å². The second-order valence-electron chi connectivity index (χ2n) is 9.95. The summed E-state index contributed by atoms with van der Waals surface area (Å²) in [7, 11) is -8.87. The van der Waals surface area contributed by atoms with Crippen molar-refractivity contribution in [1.82, 2.24) is 40.8 Å². The van der Waals surface area contributed by atoms with Gasteiger partial charge in [0.15, 0.2) is 0 Å². The van der Waals surface area contributed by atoms with Gasteiger partial charge in [-0.3, -0.25) is 0 Å². The quantitative estimate of drug-likeness (QED) is 0.122. The van der Waals surface area contributed by atoms with Gasteiger partial charge in [-0.05, 0) is 0 Å². The molecule has 1 fully saturated rings. The summed E-state index contributed by atoms with van der Waals surface area (Å²) in [5.74, 6) is -3.27. The van der Waals surface area contributed by atoms with Gasteiger partial charge in [-0.1, -0.05) is 0 Å². The number of H-pyrrole nitrogens is 1. The number of nitrogens with zero attached hydrogens (tertiary/aromatic N) is 4. The molecule has 25 heteroatoms. The van der Waals surface area contributed by atoms with Gasteiger partial charge in [-0.25, -0.2) is 0 Å². The molecule has 2 bridgehead atoms. The average Bonchev–Trinajstić information content (AvgIpc) is 3.76. The number of hydrogen-bond donors (Lipinski definition) is 12. The minimum absolute atomic E-state index is 0.118. The molecule has 23 nitrogen and oxygen atoms in total. The number of ether oxygens (including phenoxy) is 1. The van der Waals surface area contributed by atoms with Crippen LogP contribution >= 0.6 is 16.3 Å². The fourth-order valence-corrected chi connectivity index (χ4v) is 6.71. The van der Waals surface area contributed by atoms with Crippen LogP contribution in [-0.2, 0) is 24.9 Å². The Hall–Kier alpha value is -4.57. The van der Waals surface area contributed by atoms with E-state index in [0.717, 1.165) is 10.9 Å². The number of nitrogens with two attached hydrogens (primary N) is 1. The van der Waals surface area contributed by atoms with Crippen molar-refractivity contribution in [3.8, 4) is 11.5 Å². The van der Waals surface area contributed by atoms with E-state index in [0.29, 0.717) is 24.4 Å². The van der Waals surface area contributed by atoms with Crippen LogP contribution in [0.25, 0.3) is 17.0 Å². The molecule has 7 rings (SSSR count). The first-order valence-corrected chi connectivity index (χ1v) is 16.6. The van der Waals surface area contributed by atoms with Gasteiger partial charge in [-0.2, -0.15) is 0 Å². The first-order chi connectivity index (χ1) is 21.9. The van der Waals surface area contributed by atoms with Gasteiger partial charge in [-0.15, -0.1) is 0 Å². The zero-order valence-electron chi connectivity index (χ0n) is 23.3. The number of hydrogen-bond acceptors (Lipinski definition) is 21. The molecule has 0 radical (unpaired) electrons. The van der Waals surface area contributed by atoms with E-state index in [4.69, 9.17) is 33.0 Å². The molecule has 3 aromatic heterocycles. The molecule has 1 saturated heterocycles. The minimum atomic E-state index is -5.30. The maximum absolute atomic E-state index is 12.3. The summed E-state index contributed by atoms with van der Waals surface area (Å²) in [6.07, 6.45) is -0.859. The molecule has 250 valence electrons. The van der Waals surface area contributed by atoms with E-state index in [9.17, 15) is 34.6 Å². The number of anilines is 2. The second-order valence-corrected chi connectivity index (χ2v) is 13.1. The first-order valence-electron chi connectivity index (χ1n) is 13.2. The van der Waals surface area contributed by atoms with Crippen molar-refractivity contribution in [3.05, 3.63) is 51.7 Å². The number of aromatic hydroxyl groups is 1. The standard InChI is InChI=1S/C21H28N10O13P2/c1-23-15-9-16(25-4-24-15)30(5-26-9)19-12(33)13-8(42-19)3-40-46(37,38)44-14-11(32)7(2-39-45(35,36)43-13)41-20(14)31-6-27-10-17(31)28-21(22)29-18(10)34/h2,6,11,16,23-26,32-33,35-38,45-46H,3-5H2,1H3,(H3,22,28,29,34)/b7-2+/t11-,16?/m1/s1. The van der Waals surface area contributed by atoms with Crippen LogP contribution in [0.3, 0.4) is 0 Å². The van der Waals surface area contributed by atoms with E-state index in [2.05, 4.69) is 36.2 Å². The molecule has 0 spiro atoms. The fraction of sp³-hybridized carbons (Fsp3) is 0.286. The second kappa shape index (κ2) is 10.8. The third-order valence-corrected chi connectivity index (χ3v) is 8.94. The van der Waals surface area contributed by atoms with E-state index >= 15 is 0 Å². The van der Waals surface area contributed by atoms with E-state index in [1.807, 2.05) is 0 Å². The summed E-state index contributed by atoms with van der Waals surface area (Å²) >= 11 is 0. The van der Waals surface area contributed by atoms with Crippen LogP contribution in [0.5, 0.6) is 11.5 Å². The molecule has 0 amide bonds. The summed E-state index contributed by atoms with van der Waals surface area (Å²) in [6, 6.07) is 0. The molecule has 0 aromatic carbocycles. The van der Waals surface area contributed by atoms with Crippen LogP contribution in [0, 0.1) is 0 Å². The van der Waals surface area contributed by atoms with Crippen LogP contribution in [0.2, 0.25) is 0 Å². The number of rotatable bonds is 3. The molecular formula is C21H28N10O13P2. The average molecular weight is 690 g/mol.